The standard InChI is InChI=1S/C10H11NO2/c1-6(12)7-2-3-9-8(4-7)5-10(13)11-9/h2-4,6,12H,5H2,1H3,(H,11,13)/t6-/m0/s1. The van der Waals surface area contributed by atoms with E-state index in [0.717, 1.165) is 16.8 Å². The Morgan fingerprint density at radius 2 is 2.31 bits per heavy atom. The highest BCUT2D eigenvalue weighted by molar-refractivity contribution is 5.99. The quantitative estimate of drug-likeness (QED) is 0.678. The van der Waals surface area contributed by atoms with Gasteiger partial charge in [0.05, 0.1) is 12.5 Å². The van der Waals surface area contributed by atoms with Gasteiger partial charge in [-0.3, -0.25) is 4.79 Å². The lowest BCUT2D eigenvalue weighted by Crippen LogP contribution is -2.03. The third-order valence-corrected chi connectivity index (χ3v) is 2.24. The number of benzene rings is 1. The maximum Gasteiger partial charge on any atom is 0.228 e. The van der Waals surface area contributed by atoms with Crippen LogP contribution in [0.5, 0.6) is 0 Å². The fraction of sp³-hybridized carbons (Fsp3) is 0.300. The molecule has 0 unspecified atom stereocenters. The monoisotopic (exact) mass is 177 g/mol. The zero-order valence-corrected chi connectivity index (χ0v) is 7.37. The Bertz CT molecular complexity index is 358. The zero-order chi connectivity index (χ0) is 9.42. The van der Waals surface area contributed by atoms with Gasteiger partial charge in [0, 0.05) is 5.69 Å². The molecule has 1 aliphatic rings. The van der Waals surface area contributed by atoms with Crippen LogP contribution < -0.4 is 5.32 Å². The summed E-state index contributed by atoms with van der Waals surface area (Å²) in [5, 5.41) is 12.1. The van der Waals surface area contributed by atoms with Crippen molar-refractivity contribution in [2.75, 3.05) is 5.32 Å². The van der Waals surface area contributed by atoms with E-state index in [1.807, 2.05) is 18.2 Å². The molecule has 1 aromatic carbocycles. The summed E-state index contributed by atoms with van der Waals surface area (Å²) >= 11 is 0. The molecule has 2 rings (SSSR count). The molecule has 0 spiro atoms. The van der Waals surface area contributed by atoms with E-state index in [9.17, 15) is 9.90 Å². The van der Waals surface area contributed by atoms with Crippen molar-refractivity contribution < 1.29 is 9.90 Å². The van der Waals surface area contributed by atoms with Gasteiger partial charge in [0.15, 0.2) is 0 Å². The molecule has 3 heteroatoms. The first kappa shape index (κ1) is 8.26. The van der Waals surface area contributed by atoms with E-state index in [4.69, 9.17) is 0 Å². The maximum atomic E-state index is 11.0. The Labute approximate surface area is 76.4 Å². The lowest BCUT2D eigenvalue weighted by Gasteiger charge is -2.05. The molecule has 0 saturated carbocycles. The molecule has 0 radical (unpaired) electrons. The van der Waals surface area contributed by atoms with Crippen LogP contribution in [0.25, 0.3) is 0 Å². The van der Waals surface area contributed by atoms with Crippen molar-refractivity contribution in [3.8, 4) is 0 Å². The molecule has 0 bridgehead atoms. The topological polar surface area (TPSA) is 49.3 Å². The molecule has 13 heavy (non-hydrogen) atoms. The Morgan fingerprint density at radius 1 is 1.54 bits per heavy atom. The van der Waals surface area contributed by atoms with Crippen LogP contribution in [0.2, 0.25) is 0 Å². The number of aliphatic hydroxyl groups is 1. The van der Waals surface area contributed by atoms with E-state index >= 15 is 0 Å². The highest BCUT2D eigenvalue weighted by Crippen LogP contribution is 2.26. The number of anilines is 1. The van der Waals surface area contributed by atoms with Crippen LogP contribution in [0.4, 0.5) is 5.69 Å². The van der Waals surface area contributed by atoms with Gasteiger partial charge in [-0.05, 0) is 24.1 Å². The molecule has 0 saturated heterocycles. The summed E-state index contributed by atoms with van der Waals surface area (Å²) in [7, 11) is 0. The summed E-state index contributed by atoms with van der Waals surface area (Å²) in [5.74, 6) is 0.0257. The molecule has 1 atom stereocenters. The Morgan fingerprint density at radius 3 is 3.00 bits per heavy atom. The van der Waals surface area contributed by atoms with Crippen LogP contribution in [0.15, 0.2) is 18.2 Å². The van der Waals surface area contributed by atoms with Gasteiger partial charge in [-0.25, -0.2) is 0 Å². The molecule has 3 nitrogen and oxygen atoms in total. The van der Waals surface area contributed by atoms with Crippen LogP contribution in [-0.4, -0.2) is 11.0 Å². The third kappa shape index (κ3) is 1.42. The van der Waals surface area contributed by atoms with E-state index in [0.29, 0.717) is 6.42 Å². The fourth-order valence-electron chi connectivity index (χ4n) is 1.51. The van der Waals surface area contributed by atoms with Crippen molar-refractivity contribution in [3.63, 3.8) is 0 Å². The van der Waals surface area contributed by atoms with E-state index < -0.39 is 6.10 Å². The van der Waals surface area contributed by atoms with Crippen molar-refractivity contribution >= 4 is 11.6 Å². The SMILES string of the molecule is C[C@H](O)c1ccc2c(c1)CC(=O)N2. The van der Waals surface area contributed by atoms with Gasteiger partial charge < -0.3 is 10.4 Å². The van der Waals surface area contributed by atoms with E-state index in [-0.39, 0.29) is 5.91 Å². The molecule has 68 valence electrons. The maximum absolute atomic E-state index is 11.0. The number of rotatable bonds is 1. The Balaban J connectivity index is 2.40. The van der Waals surface area contributed by atoms with Crippen LogP contribution >= 0.6 is 0 Å². The lowest BCUT2D eigenvalue weighted by atomic mass is 10.1. The molecule has 0 aromatic heterocycles. The van der Waals surface area contributed by atoms with Gasteiger partial charge in [0.2, 0.25) is 5.91 Å². The summed E-state index contributed by atoms with van der Waals surface area (Å²) in [6.45, 7) is 1.71. The second kappa shape index (κ2) is 2.85. The van der Waals surface area contributed by atoms with Crippen molar-refractivity contribution in [1.82, 2.24) is 0 Å². The second-order valence-corrected chi connectivity index (χ2v) is 3.32. The molecule has 1 aliphatic heterocycles. The van der Waals surface area contributed by atoms with Gasteiger partial charge in [-0.2, -0.15) is 0 Å². The summed E-state index contributed by atoms with van der Waals surface area (Å²) in [6.07, 6.45) is -0.0448. The summed E-state index contributed by atoms with van der Waals surface area (Å²) < 4.78 is 0. The smallest absolute Gasteiger partial charge is 0.228 e. The molecular formula is C10H11NO2. The third-order valence-electron chi connectivity index (χ3n) is 2.24. The molecule has 0 aliphatic carbocycles. The van der Waals surface area contributed by atoms with Crippen molar-refractivity contribution in [2.45, 2.75) is 19.4 Å². The lowest BCUT2D eigenvalue weighted by molar-refractivity contribution is -0.115. The normalized spacial score (nSPS) is 16.6. The van der Waals surface area contributed by atoms with Gasteiger partial charge in [0.1, 0.15) is 0 Å². The molecule has 1 heterocycles. The van der Waals surface area contributed by atoms with Crippen LogP contribution in [0, 0.1) is 0 Å². The predicted octanol–water partition coefficient (Wildman–Crippen LogP) is 1.23. The van der Waals surface area contributed by atoms with Crippen molar-refractivity contribution in [3.05, 3.63) is 29.3 Å². The number of amides is 1. The number of aliphatic hydroxyl groups excluding tert-OH is 1. The summed E-state index contributed by atoms with van der Waals surface area (Å²) in [4.78, 5) is 11.0. The molecule has 1 aromatic rings. The zero-order valence-electron chi connectivity index (χ0n) is 7.37. The first-order chi connectivity index (χ1) is 6.16. The van der Waals surface area contributed by atoms with Crippen LogP contribution in [0.3, 0.4) is 0 Å². The Kier molecular flexibility index (Phi) is 1.81. The average molecular weight is 177 g/mol. The van der Waals surface area contributed by atoms with Gasteiger partial charge in [0.25, 0.3) is 0 Å². The minimum Gasteiger partial charge on any atom is -0.389 e. The average Bonchev–Trinajstić information content (AvgIpc) is 2.42. The number of hydrogen-bond acceptors (Lipinski definition) is 2. The Hall–Kier alpha value is -1.35. The summed E-state index contributed by atoms with van der Waals surface area (Å²) in [6, 6.07) is 5.54. The molecular weight excluding hydrogens is 166 g/mol. The van der Waals surface area contributed by atoms with Gasteiger partial charge in [-0.1, -0.05) is 12.1 Å². The summed E-state index contributed by atoms with van der Waals surface area (Å²) in [5.41, 5.74) is 2.70. The molecule has 1 amide bonds. The van der Waals surface area contributed by atoms with E-state index in [2.05, 4.69) is 5.32 Å². The van der Waals surface area contributed by atoms with E-state index in [1.165, 1.54) is 0 Å². The van der Waals surface area contributed by atoms with Crippen molar-refractivity contribution in [2.24, 2.45) is 0 Å². The van der Waals surface area contributed by atoms with Gasteiger partial charge >= 0.3 is 0 Å². The number of nitrogens with one attached hydrogen (secondary N) is 1. The molecule has 2 N–H and O–H groups in total. The number of hydrogen-bond donors (Lipinski definition) is 2. The second-order valence-electron chi connectivity index (χ2n) is 3.32. The highest BCUT2D eigenvalue weighted by atomic mass is 16.3. The minimum absolute atomic E-state index is 0.0257. The van der Waals surface area contributed by atoms with Crippen LogP contribution in [0.1, 0.15) is 24.2 Å². The predicted molar refractivity (Wildman–Crippen MR) is 49.4 cm³/mol. The largest absolute Gasteiger partial charge is 0.389 e. The first-order valence-electron chi connectivity index (χ1n) is 4.27. The minimum atomic E-state index is -0.471. The number of carbonyl (C=O) groups excluding carboxylic acids is 1. The van der Waals surface area contributed by atoms with E-state index in [1.54, 1.807) is 6.92 Å². The highest BCUT2D eigenvalue weighted by Gasteiger charge is 2.17. The van der Waals surface area contributed by atoms with Crippen LogP contribution in [-0.2, 0) is 11.2 Å². The van der Waals surface area contributed by atoms with Crippen molar-refractivity contribution in [1.29, 1.82) is 0 Å². The fourth-order valence-corrected chi connectivity index (χ4v) is 1.51. The number of fused-ring (bicyclic) bond motifs is 1. The van der Waals surface area contributed by atoms with Gasteiger partial charge in [-0.15, -0.1) is 0 Å². The molecule has 0 fully saturated rings. The first-order valence-corrected chi connectivity index (χ1v) is 4.27. The number of carbonyl (C=O) groups is 1.